The molecule has 0 atom stereocenters. The maximum atomic E-state index is 12.1. The van der Waals surface area contributed by atoms with Crippen LogP contribution in [-0.4, -0.2) is 18.1 Å². The summed E-state index contributed by atoms with van der Waals surface area (Å²) >= 11 is 1.36. The van der Waals surface area contributed by atoms with Gasteiger partial charge in [0.2, 0.25) is 0 Å². The lowest BCUT2D eigenvalue weighted by molar-refractivity contribution is 0.0739. The number of ether oxygens (including phenoxy) is 2. The summed E-state index contributed by atoms with van der Waals surface area (Å²) < 4.78 is 10.4. The van der Waals surface area contributed by atoms with E-state index >= 15 is 0 Å². The zero-order valence-electron chi connectivity index (χ0n) is 11.9. The van der Waals surface area contributed by atoms with Crippen LogP contribution in [0.3, 0.4) is 0 Å². The van der Waals surface area contributed by atoms with Crippen LogP contribution in [0.25, 0.3) is 10.6 Å². The normalized spacial score (nSPS) is 10.2. The summed E-state index contributed by atoms with van der Waals surface area (Å²) in [7, 11) is 1.59. The zero-order valence-corrected chi connectivity index (χ0v) is 12.7. The molecule has 2 aromatic heterocycles. The lowest BCUT2D eigenvalue weighted by atomic mass is 10.3. The summed E-state index contributed by atoms with van der Waals surface area (Å²) in [5.41, 5.74) is 0.844. The summed E-state index contributed by atoms with van der Waals surface area (Å²) in [5, 5.41) is 0. The van der Waals surface area contributed by atoms with Gasteiger partial charge in [0.05, 0.1) is 17.7 Å². The molecule has 0 fully saturated rings. The van der Waals surface area contributed by atoms with E-state index in [1.54, 1.807) is 43.6 Å². The van der Waals surface area contributed by atoms with Gasteiger partial charge in [-0.3, -0.25) is 4.98 Å². The Hall–Kier alpha value is -2.66. The molecule has 3 aromatic rings. The van der Waals surface area contributed by atoms with Crippen LogP contribution in [0.1, 0.15) is 9.67 Å². The van der Waals surface area contributed by atoms with Crippen molar-refractivity contribution in [2.45, 2.75) is 0 Å². The Bertz CT molecular complexity index is 766. The van der Waals surface area contributed by atoms with Gasteiger partial charge in [0.25, 0.3) is 0 Å². The van der Waals surface area contributed by atoms with Crippen LogP contribution in [-0.2, 0) is 0 Å². The van der Waals surface area contributed by atoms with Crippen molar-refractivity contribution < 1.29 is 14.3 Å². The van der Waals surface area contributed by atoms with Gasteiger partial charge in [-0.1, -0.05) is 6.07 Å². The van der Waals surface area contributed by atoms with Crippen molar-refractivity contribution in [2.75, 3.05) is 7.11 Å². The molecule has 0 bridgehead atoms. The molecule has 1 aromatic carbocycles. The summed E-state index contributed by atoms with van der Waals surface area (Å²) in [5.74, 6) is 0.823. The maximum absolute atomic E-state index is 12.1. The standard InChI is InChI=1S/C17H13NO3S/c1-20-12-5-7-13(8-6-12)21-17(19)16-10-9-15(22-16)14-4-2-3-11-18-14/h2-11H,1H3. The minimum Gasteiger partial charge on any atom is -0.497 e. The van der Waals surface area contributed by atoms with Crippen LogP contribution in [0, 0.1) is 0 Å². The molecule has 3 rings (SSSR count). The van der Waals surface area contributed by atoms with E-state index in [4.69, 9.17) is 9.47 Å². The number of carbonyl (C=O) groups excluding carboxylic acids is 1. The largest absolute Gasteiger partial charge is 0.497 e. The van der Waals surface area contributed by atoms with Crippen LogP contribution >= 0.6 is 11.3 Å². The topological polar surface area (TPSA) is 48.4 Å². The van der Waals surface area contributed by atoms with Crippen molar-refractivity contribution in [3.63, 3.8) is 0 Å². The van der Waals surface area contributed by atoms with Crippen molar-refractivity contribution in [1.82, 2.24) is 4.98 Å². The maximum Gasteiger partial charge on any atom is 0.353 e. The van der Waals surface area contributed by atoms with Crippen LogP contribution in [0.2, 0.25) is 0 Å². The fraction of sp³-hybridized carbons (Fsp3) is 0.0588. The summed E-state index contributed by atoms with van der Waals surface area (Å²) in [6, 6.07) is 16.2. The van der Waals surface area contributed by atoms with Crippen molar-refractivity contribution >= 4 is 17.3 Å². The lowest BCUT2D eigenvalue weighted by Crippen LogP contribution is -2.06. The van der Waals surface area contributed by atoms with Crippen molar-refractivity contribution in [1.29, 1.82) is 0 Å². The molecule has 0 saturated carbocycles. The van der Waals surface area contributed by atoms with Gasteiger partial charge >= 0.3 is 5.97 Å². The highest BCUT2D eigenvalue weighted by Gasteiger charge is 2.13. The van der Waals surface area contributed by atoms with E-state index in [0.29, 0.717) is 16.4 Å². The molecule has 0 N–H and O–H groups in total. The van der Waals surface area contributed by atoms with E-state index in [9.17, 15) is 4.79 Å². The number of aromatic nitrogens is 1. The Morgan fingerprint density at radius 2 is 1.77 bits per heavy atom. The molecule has 0 aliphatic rings. The van der Waals surface area contributed by atoms with Crippen LogP contribution in [0.15, 0.2) is 60.8 Å². The summed E-state index contributed by atoms with van der Waals surface area (Å²) in [6.07, 6.45) is 1.73. The van der Waals surface area contributed by atoms with Gasteiger partial charge in [-0.2, -0.15) is 0 Å². The summed E-state index contributed by atoms with van der Waals surface area (Å²) in [6.45, 7) is 0. The number of hydrogen-bond acceptors (Lipinski definition) is 5. The Balaban J connectivity index is 1.74. The third kappa shape index (κ3) is 3.15. The van der Waals surface area contributed by atoms with Gasteiger partial charge in [0.1, 0.15) is 16.4 Å². The van der Waals surface area contributed by atoms with E-state index in [2.05, 4.69) is 4.98 Å². The highest BCUT2D eigenvalue weighted by atomic mass is 32.1. The number of rotatable bonds is 4. The first-order chi connectivity index (χ1) is 10.8. The molecule has 2 heterocycles. The number of carbonyl (C=O) groups is 1. The number of esters is 1. The monoisotopic (exact) mass is 311 g/mol. The van der Waals surface area contributed by atoms with Crippen LogP contribution in [0.4, 0.5) is 0 Å². The minimum absolute atomic E-state index is 0.377. The molecule has 5 heteroatoms. The molecule has 0 amide bonds. The van der Waals surface area contributed by atoms with E-state index < -0.39 is 0 Å². The first kappa shape index (κ1) is 14.3. The third-order valence-electron chi connectivity index (χ3n) is 2.99. The van der Waals surface area contributed by atoms with Gasteiger partial charge in [-0.15, -0.1) is 11.3 Å². The first-order valence-electron chi connectivity index (χ1n) is 6.64. The highest BCUT2D eigenvalue weighted by molar-refractivity contribution is 7.17. The molecule has 0 aliphatic heterocycles. The second-order valence-electron chi connectivity index (χ2n) is 4.44. The van der Waals surface area contributed by atoms with E-state index in [1.807, 2.05) is 24.3 Å². The van der Waals surface area contributed by atoms with Gasteiger partial charge in [-0.25, -0.2) is 4.79 Å². The predicted molar refractivity (Wildman–Crippen MR) is 85.5 cm³/mol. The summed E-state index contributed by atoms with van der Waals surface area (Å²) in [4.78, 5) is 17.9. The second-order valence-corrected chi connectivity index (χ2v) is 5.53. The number of thiophene rings is 1. The third-order valence-corrected chi connectivity index (χ3v) is 4.08. The molecule has 110 valence electrons. The molecule has 22 heavy (non-hydrogen) atoms. The fourth-order valence-corrected chi connectivity index (χ4v) is 2.75. The molecule has 0 aliphatic carbocycles. The number of benzene rings is 1. The molecular weight excluding hydrogens is 298 g/mol. The quantitative estimate of drug-likeness (QED) is 0.539. The van der Waals surface area contributed by atoms with Gasteiger partial charge < -0.3 is 9.47 Å². The zero-order chi connectivity index (χ0) is 15.4. The van der Waals surface area contributed by atoms with Crippen molar-refractivity contribution in [3.05, 3.63) is 65.7 Å². The average Bonchev–Trinajstić information content (AvgIpc) is 3.06. The van der Waals surface area contributed by atoms with Gasteiger partial charge in [0.15, 0.2) is 0 Å². The van der Waals surface area contributed by atoms with E-state index in [1.165, 1.54) is 11.3 Å². The van der Waals surface area contributed by atoms with Crippen LogP contribution in [0.5, 0.6) is 11.5 Å². The van der Waals surface area contributed by atoms with E-state index in [0.717, 1.165) is 10.6 Å². The number of hydrogen-bond donors (Lipinski definition) is 0. The second kappa shape index (κ2) is 6.41. The molecule has 0 unspecified atom stereocenters. The average molecular weight is 311 g/mol. The Morgan fingerprint density at radius 3 is 2.45 bits per heavy atom. The number of nitrogens with zero attached hydrogens (tertiary/aromatic N) is 1. The van der Waals surface area contributed by atoms with Gasteiger partial charge in [0, 0.05) is 6.20 Å². The highest BCUT2D eigenvalue weighted by Crippen LogP contribution is 2.27. The molecule has 0 saturated heterocycles. The molecule has 0 radical (unpaired) electrons. The van der Waals surface area contributed by atoms with Gasteiger partial charge in [-0.05, 0) is 48.5 Å². The lowest BCUT2D eigenvalue weighted by Gasteiger charge is -2.03. The van der Waals surface area contributed by atoms with E-state index in [-0.39, 0.29) is 5.97 Å². The molecular formula is C17H13NO3S. The Morgan fingerprint density at radius 1 is 1.00 bits per heavy atom. The molecule has 0 spiro atoms. The Labute approximate surface area is 132 Å². The van der Waals surface area contributed by atoms with Crippen molar-refractivity contribution in [2.24, 2.45) is 0 Å². The number of methoxy groups -OCH3 is 1. The predicted octanol–water partition coefficient (Wildman–Crippen LogP) is 4.04. The minimum atomic E-state index is -0.377. The van der Waals surface area contributed by atoms with Crippen LogP contribution < -0.4 is 9.47 Å². The SMILES string of the molecule is COc1ccc(OC(=O)c2ccc(-c3ccccn3)s2)cc1. The number of pyridine rings is 1. The van der Waals surface area contributed by atoms with Crippen molar-refractivity contribution in [3.8, 4) is 22.1 Å². The molecule has 4 nitrogen and oxygen atoms in total. The fourth-order valence-electron chi connectivity index (χ4n) is 1.89. The Kier molecular flexibility index (Phi) is 4.16. The first-order valence-corrected chi connectivity index (χ1v) is 7.45. The smallest absolute Gasteiger partial charge is 0.353 e.